The summed E-state index contributed by atoms with van der Waals surface area (Å²) in [5, 5.41) is 16.1. The molecule has 0 atom stereocenters. The number of hydrogen-bond donors (Lipinski definition) is 1. The van der Waals surface area contributed by atoms with Crippen LogP contribution in [0.3, 0.4) is 0 Å². The van der Waals surface area contributed by atoms with Crippen molar-refractivity contribution in [1.82, 2.24) is 20.0 Å². The molecule has 0 aliphatic rings. The van der Waals surface area contributed by atoms with Crippen molar-refractivity contribution in [2.75, 3.05) is 11.1 Å². The molecule has 2 rings (SSSR count). The van der Waals surface area contributed by atoms with Crippen molar-refractivity contribution >= 4 is 34.8 Å². The van der Waals surface area contributed by atoms with Crippen LogP contribution in [0.1, 0.15) is 23.2 Å². The van der Waals surface area contributed by atoms with Gasteiger partial charge in [-0.1, -0.05) is 30.0 Å². The number of nitrogens with zero attached hydrogens (tertiary/aromatic N) is 4. The minimum atomic E-state index is -0.0587. The summed E-state index contributed by atoms with van der Waals surface area (Å²) in [6, 6.07) is 0. The van der Waals surface area contributed by atoms with E-state index in [0.717, 1.165) is 32.8 Å². The maximum Gasteiger partial charge on any atom is 0.235 e. The maximum atomic E-state index is 12.0. The fraction of sp³-hybridized carbons (Fsp3) is 0.500. The standard InChI is InChI=1S/C12H17N5OS2/c1-5-9-7(2)11(17(4)16-9)13-10(18)6-19-12-15-14-8(3)20-12/h5-6H2,1-4H3,(H,13,18). The molecule has 0 radical (unpaired) electrons. The number of carbonyl (C=O) groups is 1. The fourth-order valence-electron chi connectivity index (χ4n) is 1.83. The Bertz CT molecular complexity index is 619. The highest BCUT2D eigenvalue weighted by atomic mass is 32.2. The molecule has 0 saturated heterocycles. The van der Waals surface area contributed by atoms with Gasteiger partial charge in [0, 0.05) is 12.6 Å². The van der Waals surface area contributed by atoms with Crippen molar-refractivity contribution < 1.29 is 4.79 Å². The van der Waals surface area contributed by atoms with Gasteiger partial charge in [-0.05, 0) is 20.3 Å². The molecule has 1 N–H and O–H groups in total. The van der Waals surface area contributed by atoms with E-state index in [-0.39, 0.29) is 5.91 Å². The first kappa shape index (κ1) is 15.0. The third-order valence-electron chi connectivity index (χ3n) is 2.81. The van der Waals surface area contributed by atoms with Crippen LogP contribution >= 0.6 is 23.1 Å². The molecule has 0 aliphatic carbocycles. The summed E-state index contributed by atoms with van der Waals surface area (Å²) in [5.74, 6) is 1.03. The second kappa shape index (κ2) is 6.36. The fourth-order valence-corrected chi connectivity index (χ4v) is 3.44. The Balaban J connectivity index is 1.96. The quantitative estimate of drug-likeness (QED) is 0.857. The molecule has 0 saturated carbocycles. The van der Waals surface area contributed by atoms with Crippen LogP contribution in [0.4, 0.5) is 5.82 Å². The molecule has 2 aromatic heterocycles. The lowest BCUT2D eigenvalue weighted by Crippen LogP contribution is -2.17. The molecular weight excluding hydrogens is 294 g/mol. The van der Waals surface area contributed by atoms with Crippen molar-refractivity contribution in [2.45, 2.75) is 31.5 Å². The molecule has 1 amide bonds. The van der Waals surface area contributed by atoms with Crippen molar-refractivity contribution in [2.24, 2.45) is 7.05 Å². The van der Waals surface area contributed by atoms with Crippen LogP contribution in [0.5, 0.6) is 0 Å². The summed E-state index contributed by atoms with van der Waals surface area (Å²) in [7, 11) is 1.84. The van der Waals surface area contributed by atoms with Crippen LogP contribution in [0, 0.1) is 13.8 Å². The largest absolute Gasteiger partial charge is 0.310 e. The number of aryl methyl sites for hydroxylation is 3. The second-order valence-electron chi connectivity index (χ2n) is 4.32. The van der Waals surface area contributed by atoms with E-state index < -0.39 is 0 Å². The van der Waals surface area contributed by atoms with Crippen molar-refractivity contribution in [1.29, 1.82) is 0 Å². The monoisotopic (exact) mass is 311 g/mol. The first-order valence-corrected chi connectivity index (χ1v) is 8.06. The number of aromatic nitrogens is 4. The molecule has 0 aliphatic heterocycles. The molecule has 0 spiro atoms. The minimum Gasteiger partial charge on any atom is -0.310 e. The highest BCUT2D eigenvalue weighted by molar-refractivity contribution is 8.01. The predicted molar refractivity (Wildman–Crippen MR) is 81.3 cm³/mol. The number of hydrogen-bond acceptors (Lipinski definition) is 6. The molecule has 0 aromatic carbocycles. The number of rotatable bonds is 5. The lowest BCUT2D eigenvalue weighted by atomic mass is 10.2. The van der Waals surface area contributed by atoms with Crippen LogP contribution in [-0.2, 0) is 18.3 Å². The lowest BCUT2D eigenvalue weighted by Gasteiger charge is -2.05. The van der Waals surface area contributed by atoms with Crippen LogP contribution in [0.2, 0.25) is 0 Å². The van der Waals surface area contributed by atoms with Crippen molar-refractivity contribution in [3.05, 3.63) is 16.3 Å². The molecule has 0 unspecified atom stereocenters. The van der Waals surface area contributed by atoms with Crippen molar-refractivity contribution in [3.63, 3.8) is 0 Å². The summed E-state index contributed by atoms with van der Waals surface area (Å²) < 4.78 is 2.53. The van der Waals surface area contributed by atoms with E-state index in [9.17, 15) is 4.79 Å². The number of thioether (sulfide) groups is 1. The van der Waals surface area contributed by atoms with Gasteiger partial charge in [-0.15, -0.1) is 10.2 Å². The van der Waals surface area contributed by atoms with E-state index in [4.69, 9.17) is 0 Å². The van der Waals surface area contributed by atoms with Crippen LogP contribution in [0.15, 0.2) is 4.34 Å². The van der Waals surface area contributed by atoms with E-state index >= 15 is 0 Å². The SMILES string of the molecule is CCc1nn(C)c(NC(=O)CSc2nnc(C)s2)c1C. The van der Waals surface area contributed by atoms with Gasteiger partial charge in [-0.25, -0.2) is 0 Å². The minimum absolute atomic E-state index is 0.0587. The molecule has 20 heavy (non-hydrogen) atoms. The average molecular weight is 311 g/mol. The molecular formula is C12H17N5OS2. The van der Waals surface area contributed by atoms with Gasteiger partial charge in [0.05, 0.1) is 11.4 Å². The summed E-state index contributed by atoms with van der Waals surface area (Å²) in [5.41, 5.74) is 2.04. The van der Waals surface area contributed by atoms with Gasteiger partial charge in [-0.3, -0.25) is 9.48 Å². The zero-order valence-electron chi connectivity index (χ0n) is 11.9. The van der Waals surface area contributed by atoms with Gasteiger partial charge in [0.2, 0.25) is 5.91 Å². The number of anilines is 1. The third-order valence-corrected chi connectivity index (χ3v) is 4.78. The van der Waals surface area contributed by atoms with E-state index in [2.05, 4.69) is 27.5 Å². The van der Waals surface area contributed by atoms with Gasteiger partial charge in [0.1, 0.15) is 10.8 Å². The van der Waals surface area contributed by atoms with Gasteiger partial charge < -0.3 is 5.32 Å². The van der Waals surface area contributed by atoms with E-state index in [0.29, 0.717) is 5.75 Å². The second-order valence-corrected chi connectivity index (χ2v) is 6.73. The van der Waals surface area contributed by atoms with Crippen LogP contribution in [0.25, 0.3) is 0 Å². The lowest BCUT2D eigenvalue weighted by molar-refractivity contribution is -0.113. The number of nitrogens with one attached hydrogen (secondary N) is 1. The van der Waals surface area contributed by atoms with Gasteiger partial charge >= 0.3 is 0 Å². The van der Waals surface area contributed by atoms with Gasteiger partial charge in [0.25, 0.3) is 0 Å². The predicted octanol–water partition coefficient (Wildman–Crippen LogP) is 2.18. The van der Waals surface area contributed by atoms with Gasteiger partial charge in [0.15, 0.2) is 4.34 Å². The molecule has 2 aromatic rings. The Morgan fingerprint density at radius 2 is 2.15 bits per heavy atom. The Morgan fingerprint density at radius 1 is 1.40 bits per heavy atom. The Morgan fingerprint density at radius 3 is 2.70 bits per heavy atom. The first-order valence-electron chi connectivity index (χ1n) is 6.26. The number of carbonyl (C=O) groups excluding carboxylic acids is 1. The highest BCUT2D eigenvalue weighted by Crippen LogP contribution is 2.23. The zero-order valence-corrected chi connectivity index (χ0v) is 13.6. The average Bonchev–Trinajstić information content (AvgIpc) is 2.94. The first-order chi connectivity index (χ1) is 9.51. The highest BCUT2D eigenvalue weighted by Gasteiger charge is 2.14. The molecule has 8 heteroatoms. The Kier molecular flexibility index (Phi) is 4.77. The molecule has 2 heterocycles. The van der Waals surface area contributed by atoms with Crippen molar-refractivity contribution in [3.8, 4) is 0 Å². The van der Waals surface area contributed by atoms with E-state index in [1.165, 1.54) is 23.1 Å². The summed E-state index contributed by atoms with van der Waals surface area (Å²) in [6.07, 6.45) is 0.856. The zero-order chi connectivity index (χ0) is 14.7. The Hall–Kier alpha value is -1.41. The summed E-state index contributed by atoms with van der Waals surface area (Å²) in [6.45, 7) is 5.92. The van der Waals surface area contributed by atoms with E-state index in [1.54, 1.807) is 4.68 Å². The summed E-state index contributed by atoms with van der Waals surface area (Å²) in [4.78, 5) is 12.0. The molecule has 108 valence electrons. The van der Waals surface area contributed by atoms with E-state index in [1.807, 2.05) is 20.9 Å². The summed E-state index contributed by atoms with van der Waals surface area (Å²) >= 11 is 2.89. The molecule has 0 bridgehead atoms. The molecule has 0 fully saturated rings. The third kappa shape index (κ3) is 3.37. The van der Waals surface area contributed by atoms with Crippen LogP contribution in [-0.4, -0.2) is 31.6 Å². The topological polar surface area (TPSA) is 72.7 Å². The maximum absolute atomic E-state index is 12.0. The van der Waals surface area contributed by atoms with Crippen LogP contribution < -0.4 is 5.32 Å². The smallest absolute Gasteiger partial charge is 0.235 e. The normalized spacial score (nSPS) is 10.8. The Labute approximate surface area is 126 Å². The molecule has 6 nitrogen and oxygen atoms in total. The van der Waals surface area contributed by atoms with Gasteiger partial charge in [-0.2, -0.15) is 5.10 Å². The number of amides is 1.